The lowest BCUT2D eigenvalue weighted by atomic mass is 10.4. The van der Waals surface area contributed by atoms with E-state index < -0.39 is 5.82 Å². The first-order chi connectivity index (χ1) is 10.3. The first kappa shape index (κ1) is 12.9. The first-order valence-corrected chi connectivity index (χ1v) is 6.20. The zero-order chi connectivity index (χ0) is 14.5. The number of pyridine rings is 2. The summed E-state index contributed by atoms with van der Waals surface area (Å²) in [4.78, 5) is 16.1. The van der Waals surface area contributed by atoms with Gasteiger partial charge in [-0.3, -0.25) is 0 Å². The topological polar surface area (TPSA) is 75.6 Å². The molecule has 0 bridgehead atoms. The Hall–Kier alpha value is -3.09. The molecule has 0 amide bonds. The zero-order valence-electron chi connectivity index (χ0n) is 10.9. The van der Waals surface area contributed by atoms with E-state index in [1.807, 2.05) is 6.07 Å². The molecule has 0 atom stereocenters. The van der Waals surface area contributed by atoms with Crippen molar-refractivity contribution in [2.24, 2.45) is 0 Å². The fraction of sp³-hybridized carbons (Fsp3) is 0. The second-order valence-electron chi connectivity index (χ2n) is 4.07. The maximum atomic E-state index is 13.7. The predicted molar refractivity (Wildman–Crippen MR) is 77.0 cm³/mol. The molecule has 0 spiro atoms. The lowest BCUT2D eigenvalue weighted by Gasteiger charge is -2.08. The third-order valence-electron chi connectivity index (χ3n) is 2.56. The van der Waals surface area contributed by atoms with Gasteiger partial charge in [0.25, 0.3) is 0 Å². The molecule has 0 saturated heterocycles. The van der Waals surface area contributed by atoms with E-state index in [-0.39, 0.29) is 11.8 Å². The highest BCUT2D eigenvalue weighted by atomic mass is 19.1. The van der Waals surface area contributed by atoms with Crippen LogP contribution in [0.25, 0.3) is 0 Å². The Morgan fingerprint density at radius 3 is 2.10 bits per heavy atom. The van der Waals surface area contributed by atoms with Gasteiger partial charge in [0.05, 0.1) is 6.20 Å². The van der Waals surface area contributed by atoms with Gasteiger partial charge in [-0.1, -0.05) is 12.1 Å². The van der Waals surface area contributed by atoms with Gasteiger partial charge in [-0.05, 0) is 24.3 Å². The molecule has 0 radical (unpaired) electrons. The molecular formula is C14H11FN6. The van der Waals surface area contributed by atoms with Gasteiger partial charge in [-0.25, -0.2) is 19.3 Å². The van der Waals surface area contributed by atoms with Crippen LogP contribution in [-0.4, -0.2) is 19.9 Å². The van der Waals surface area contributed by atoms with E-state index in [1.54, 1.807) is 42.7 Å². The molecule has 0 aliphatic rings. The number of hydrogen-bond donors (Lipinski definition) is 2. The predicted octanol–water partition coefficient (Wildman–Crippen LogP) is 2.89. The molecule has 0 aromatic carbocycles. The van der Waals surface area contributed by atoms with E-state index in [1.165, 1.54) is 0 Å². The highest BCUT2D eigenvalue weighted by Crippen LogP contribution is 2.18. The Morgan fingerprint density at radius 2 is 1.48 bits per heavy atom. The van der Waals surface area contributed by atoms with Gasteiger partial charge in [-0.15, -0.1) is 0 Å². The number of nitrogens with zero attached hydrogens (tertiary/aromatic N) is 4. The van der Waals surface area contributed by atoms with Crippen molar-refractivity contribution in [3.8, 4) is 0 Å². The highest BCUT2D eigenvalue weighted by Gasteiger charge is 2.08. The summed E-state index contributed by atoms with van der Waals surface area (Å²) in [5.74, 6) is 0.801. The summed E-state index contributed by atoms with van der Waals surface area (Å²) in [5, 5.41) is 5.70. The van der Waals surface area contributed by atoms with Gasteiger partial charge in [0.1, 0.15) is 11.6 Å². The molecule has 0 fully saturated rings. The Morgan fingerprint density at radius 1 is 0.810 bits per heavy atom. The highest BCUT2D eigenvalue weighted by molar-refractivity contribution is 5.55. The molecule has 3 aromatic rings. The van der Waals surface area contributed by atoms with Gasteiger partial charge in [0, 0.05) is 12.4 Å². The normalized spacial score (nSPS) is 10.1. The van der Waals surface area contributed by atoms with Crippen molar-refractivity contribution in [3.05, 3.63) is 60.8 Å². The number of anilines is 4. The Balaban J connectivity index is 1.83. The molecule has 0 aliphatic carbocycles. The summed E-state index contributed by atoms with van der Waals surface area (Å²) < 4.78 is 13.7. The third kappa shape index (κ3) is 3.27. The van der Waals surface area contributed by atoms with Crippen molar-refractivity contribution in [1.29, 1.82) is 0 Å². The lowest BCUT2D eigenvalue weighted by molar-refractivity contribution is 0.619. The Labute approximate surface area is 120 Å². The van der Waals surface area contributed by atoms with Crippen molar-refractivity contribution >= 4 is 23.4 Å². The van der Waals surface area contributed by atoms with Crippen LogP contribution in [0.2, 0.25) is 0 Å². The first-order valence-electron chi connectivity index (χ1n) is 6.20. The molecule has 3 aromatic heterocycles. The van der Waals surface area contributed by atoms with E-state index in [4.69, 9.17) is 0 Å². The summed E-state index contributed by atoms with van der Waals surface area (Å²) in [6, 6.07) is 10.7. The molecule has 6 nitrogen and oxygen atoms in total. The monoisotopic (exact) mass is 282 g/mol. The van der Waals surface area contributed by atoms with Crippen molar-refractivity contribution < 1.29 is 4.39 Å². The fourth-order valence-electron chi connectivity index (χ4n) is 1.62. The van der Waals surface area contributed by atoms with Crippen molar-refractivity contribution in [2.45, 2.75) is 0 Å². The summed E-state index contributed by atoms with van der Waals surface area (Å²) in [5.41, 5.74) is 0. The van der Waals surface area contributed by atoms with Crippen molar-refractivity contribution in [2.75, 3.05) is 10.6 Å². The number of nitrogens with one attached hydrogen (secondary N) is 2. The number of halogens is 1. The summed E-state index contributed by atoms with van der Waals surface area (Å²) in [7, 11) is 0. The molecule has 0 aliphatic heterocycles. The van der Waals surface area contributed by atoms with Gasteiger partial charge >= 0.3 is 0 Å². The van der Waals surface area contributed by atoms with Crippen molar-refractivity contribution in [1.82, 2.24) is 19.9 Å². The van der Waals surface area contributed by atoms with E-state index in [0.717, 1.165) is 6.20 Å². The van der Waals surface area contributed by atoms with Crippen LogP contribution in [0, 0.1) is 5.82 Å². The van der Waals surface area contributed by atoms with E-state index >= 15 is 0 Å². The third-order valence-corrected chi connectivity index (χ3v) is 2.56. The van der Waals surface area contributed by atoms with E-state index in [9.17, 15) is 4.39 Å². The second-order valence-corrected chi connectivity index (χ2v) is 4.07. The summed E-state index contributed by atoms with van der Waals surface area (Å²) >= 11 is 0. The average molecular weight is 282 g/mol. The molecule has 0 unspecified atom stereocenters. The van der Waals surface area contributed by atoms with Crippen LogP contribution < -0.4 is 10.6 Å². The van der Waals surface area contributed by atoms with Crippen LogP contribution in [-0.2, 0) is 0 Å². The number of aromatic nitrogens is 4. The molecule has 3 rings (SSSR count). The number of hydrogen-bond acceptors (Lipinski definition) is 6. The van der Waals surface area contributed by atoms with Crippen LogP contribution in [0.4, 0.5) is 27.8 Å². The summed E-state index contributed by atoms with van der Waals surface area (Å²) in [6.45, 7) is 0. The average Bonchev–Trinajstić information content (AvgIpc) is 2.53. The minimum absolute atomic E-state index is 0.0436. The fourth-order valence-corrected chi connectivity index (χ4v) is 1.62. The van der Waals surface area contributed by atoms with Gasteiger partial charge in [-0.2, -0.15) is 4.98 Å². The van der Waals surface area contributed by atoms with Crippen molar-refractivity contribution in [3.63, 3.8) is 0 Å². The smallest absolute Gasteiger partial charge is 0.230 e. The van der Waals surface area contributed by atoms with Crippen LogP contribution in [0.3, 0.4) is 0 Å². The van der Waals surface area contributed by atoms with E-state index in [2.05, 4.69) is 30.6 Å². The van der Waals surface area contributed by atoms with Crippen LogP contribution >= 0.6 is 0 Å². The molecule has 21 heavy (non-hydrogen) atoms. The van der Waals surface area contributed by atoms with Crippen LogP contribution in [0.15, 0.2) is 55.0 Å². The molecule has 2 N–H and O–H groups in total. The minimum Gasteiger partial charge on any atom is -0.322 e. The molecule has 104 valence electrons. The number of rotatable bonds is 4. The minimum atomic E-state index is -0.563. The summed E-state index contributed by atoms with van der Waals surface area (Å²) in [6.07, 6.45) is 4.33. The maximum Gasteiger partial charge on any atom is 0.230 e. The van der Waals surface area contributed by atoms with Gasteiger partial charge in [0.2, 0.25) is 5.95 Å². The standard InChI is InChI=1S/C14H11FN6/c15-10-9-18-14(20-12-6-2-4-8-17-12)21-13(10)19-11-5-1-3-7-16-11/h1-9H,(H2,16,17,18,19,20,21). The maximum absolute atomic E-state index is 13.7. The molecular weight excluding hydrogens is 271 g/mol. The Kier molecular flexibility index (Phi) is 3.64. The SMILES string of the molecule is Fc1cnc(Nc2ccccn2)nc1Nc1ccccn1. The van der Waals surface area contributed by atoms with Gasteiger partial charge < -0.3 is 10.6 Å². The molecule has 3 heterocycles. The quantitative estimate of drug-likeness (QED) is 0.766. The lowest BCUT2D eigenvalue weighted by Crippen LogP contribution is -2.04. The Bertz CT molecular complexity index is 720. The zero-order valence-corrected chi connectivity index (χ0v) is 10.9. The largest absolute Gasteiger partial charge is 0.322 e. The molecule has 0 saturated carbocycles. The van der Waals surface area contributed by atoms with E-state index in [0.29, 0.717) is 11.6 Å². The molecule has 7 heteroatoms. The second kappa shape index (κ2) is 5.91. The van der Waals surface area contributed by atoms with Gasteiger partial charge in [0.15, 0.2) is 11.6 Å². The van der Waals surface area contributed by atoms with Crippen LogP contribution in [0.1, 0.15) is 0 Å². The van der Waals surface area contributed by atoms with Crippen LogP contribution in [0.5, 0.6) is 0 Å².